The van der Waals surface area contributed by atoms with Gasteiger partial charge in [-0.2, -0.15) is 5.10 Å². The first kappa shape index (κ1) is 14.8. The summed E-state index contributed by atoms with van der Waals surface area (Å²) in [4.78, 5) is 0.359. The molecule has 1 aromatic rings. The van der Waals surface area contributed by atoms with Gasteiger partial charge in [0.05, 0.1) is 11.8 Å². The second kappa shape index (κ2) is 7.97. The van der Waals surface area contributed by atoms with Gasteiger partial charge in [-0.15, -0.1) is 5.10 Å². The fraction of sp³-hybridized carbons (Fsp3) is 0.615. The van der Waals surface area contributed by atoms with Crippen molar-refractivity contribution in [2.24, 2.45) is 5.73 Å². The van der Waals surface area contributed by atoms with Gasteiger partial charge in [-0.3, -0.25) is 0 Å². The van der Waals surface area contributed by atoms with Crippen LogP contribution in [0.25, 0.3) is 0 Å². The molecule has 0 saturated carbocycles. The molecule has 0 aliphatic heterocycles. The third-order valence-corrected chi connectivity index (χ3v) is 3.09. The van der Waals surface area contributed by atoms with Crippen molar-refractivity contribution in [2.45, 2.75) is 52.0 Å². The molecule has 0 aliphatic rings. The number of hydrogen-bond acceptors (Lipinski definition) is 4. The van der Waals surface area contributed by atoms with Gasteiger partial charge in [0.25, 0.3) is 0 Å². The molecule has 5 heteroatoms. The van der Waals surface area contributed by atoms with Gasteiger partial charge in [0.1, 0.15) is 4.99 Å². The van der Waals surface area contributed by atoms with E-state index in [0.29, 0.717) is 16.8 Å². The summed E-state index contributed by atoms with van der Waals surface area (Å²) in [5.41, 5.74) is 6.46. The standard InChI is InChI=1S/C13H22N4S/c1-3-5-7-10(6-4-2)16-13-11(12(14)18)8-9-15-17-13/h8-10H,3-7H2,1-2H3,(H2,14,18)(H,16,17). The molecule has 4 nitrogen and oxygen atoms in total. The van der Waals surface area contributed by atoms with Gasteiger partial charge in [-0.1, -0.05) is 45.3 Å². The van der Waals surface area contributed by atoms with E-state index in [9.17, 15) is 0 Å². The molecule has 0 saturated heterocycles. The largest absolute Gasteiger partial charge is 0.389 e. The maximum Gasteiger partial charge on any atom is 0.159 e. The molecule has 0 radical (unpaired) electrons. The van der Waals surface area contributed by atoms with Crippen molar-refractivity contribution < 1.29 is 0 Å². The van der Waals surface area contributed by atoms with E-state index >= 15 is 0 Å². The third-order valence-electron chi connectivity index (χ3n) is 2.87. The van der Waals surface area contributed by atoms with Crippen LogP contribution in [0.3, 0.4) is 0 Å². The Morgan fingerprint density at radius 2 is 2.17 bits per heavy atom. The molecule has 18 heavy (non-hydrogen) atoms. The van der Waals surface area contributed by atoms with Gasteiger partial charge in [-0.25, -0.2) is 0 Å². The van der Waals surface area contributed by atoms with Gasteiger partial charge in [0.15, 0.2) is 5.82 Å². The number of hydrogen-bond donors (Lipinski definition) is 2. The molecule has 1 aromatic heterocycles. The van der Waals surface area contributed by atoms with Crippen LogP contribution in [0.1, 0.15) is 51.5 Å². The van der Waals surface area contributed by atoms with E-state index in [1.54, 1.807) is 12.3 Å². The van der Waals surface area contributed by atoms with Crippen LogP contribution in [-0.4, -0.2) is 21.2 Å². The number of rotatable bonds is 8. The molecular formula is C13H22N4S. The Hall–Kier alpha value is -1.23. The van der Waals surface area contributed by atoms with Gasteiger partial charge >= 0.3 is 0 Å². The zero-order chi connectivity index (χ0) is 13.4. The minimum absolute atomic E-state index is 0.359. The monoisotopic (exact) mass is 266 g/mol. The number of thiocarbonyl (C=S) groups is 1. The van der Waals surface area contributed by atoms with Gasteiger partial charge in [-0.05, 0) is 18.9 Å². The average molecular weight is 266 g/mol. The molecule has 0 fully saturated rings. The summed E-state index contributed by atoms with van der Waals surface area (Å²) in [7, 11) is 0. The molecule has 1 atom stereocenters. The van der Waals surface area contributed by atoms with Gasteiger partial charge < -0.3 is 11.1 Å². The van der Waals surface area contributed by atoms with E-state index in [0.717, 1.165) is 24.8 Å². The minimum atomic E-state index is 0.359. The lowest BCUT2D eigenvalue weighted by molar-refractivity contribution is 0.562. The highest BCUT2D eigenvalue weighted by Gasteiger charge is 2.12. The molecule has 1 rings (SSSR count). The molecule has 0 spiro atoms. The van der Waals surface area contributed by atoms with Crippen LogP contribution >= 0.6 is 12.2 Å². The molecule has 0 bridgehead atoms. The SMILES string of the molecule is CCCCC(CCC)Nc1nnccc1C(N)=S. The van der Waals surface area contributed by atoms with Gasteiger partial charge in [0, 0.05) is 6.04 Å². The molecule has 0 aromatic carbocycles. The van der Waals surface area contributed by atoms with Crippen molar-refractivity contribution in [3.8, 4) is 0 Å². The van der Waals surface area contributed by atoms with E-state index < -0.39 is 0 Å². The number of nitrogens with zero attached hydrogens (tertiary/aromatic N) is 2. The quantitative estimate of drug-likeness (QED) is 0.708. The van der Waals surface area contributed by atoms with Crippen LogP contribution < -0.4 is 11.1 Å². The van der Waals surface area contributed by atoms with Crippen molar-refractivity contribution in [1.82, 2.24) is 10.2 Å². The van der Waals surface area contributed by atoms with Crippen LogP contribution in [0.5, 0.6) is 0 Å². The first-order valence-corrected chi connectivity index (χ1v) is 6.97. The molecule has 100 valence electrons. The summed E-state index contributed by atoms with van der Waals surface area (Å²) in [6.07, 6.45) is 7.42. The zero-order valence-corrected chi connectivity index (χ0v) is 12.0. The summed E-state index contributed by atoms with van der Waals surface area (Å²) in [5.74, 6) is 0.708. The number of aromatic nitrogens is 2. The molecule has 3 N–H and O–H groups in total. The Balaban J connectivity index is 2.76. The van der Waals surface area contributed by atoms with Crippen molar-refractivity contribution >= 4 is 23.0 Å². The van der Waals surface area contributed by atoms with E-state index in [-0.39, 0.29) is 0 Å². The van der Waals surface area contributed by atoms with E-state index in [1.807, 2.05) is 0 Å². The van der Waals surface area contributed by atoms with E-state index in [2.05, 4.69) is 29.4 Å². The second-order valence-electron chi connectivity index (χ2n) is 4.43. The average Bonchev–Trinajstić information content (AvgIpc) is 2.36. The minimum Gasteiger partial charge on any atom is -0.389 e. The van der Waals surface area contributed by atoms with Crippen molar-refractivity contribution in [1.29, 1.82) is 0 Å². The second-order valence-corrected chi connectivity index (χ2v) is 4.87. The highest BCUT2D eigenvalue weighted by molar-refractivity contribution is 7.80. The number of nitrogens with two attached hydrogens (primary N) is 1. The topological polar surface area (TPSA) is 63.8 Å². The first-order chi connectivity index (χ1) is 8.69. The highest BCUT2D eigenvalue weighted by Crippen LogP contribution is 2.16. The molecule has 1 heterocycles. The molecular weight excluding hydrogens is 244 g/mol. The van der Waals surface area contributed by atoms with Crippen LogP contribution in [0.15, 0.2) is 12.3 Å². The predicted octanol–water partition coefficient (Wildman–Crippen LogP) is 2.88. The molecule has 1 unspecified atom stereocenters. The smallest absolute Gasteiger partial charge is 0.159 e. The van der Waals surface area contributed by atoms with Crippen LogP contribution in [0.4, 0.5) is 5.82 Å². The maximum atomic E-state index is 5.69. The van der Waals surface area contributed by atoms with Crippen molar-refractivity contribution in [3.05, 3.63) is 17.8 Å². The van der Waals surface area contributed by atoms with Gasteiger partial charge in [0.2, 0.25) is 0 Å². The Kier molecular flexibility index (Phi) is 6.57. The van der Waals surface area contributed by atoms with E-state index in [4.69, 9.17) is 18.0 Å². The van der Waals surface area contributed by atoms with Crippen molar-refractivity contribution in [3.63, 3.8) is 0 Å². The summed E-state index contributed by atoms with van der Waals surface area (Å²) < 4.78 is 0. The predicted molar refractivity (Wildman–Crippen MR) is 79.8 cm³/mol. The van der Waals surface area contributed by atoms with Crippen LogP contribution in [0, 0.1) is 0 Å². The highest BCUT2D eigenvalue weighted by atomic mass is 32.1. The summed E-state index contributed by atoms with van der Waals surface area (Å²) in [6.45, 7) is 4.39. The summed E-state index contributed by atoms with van der Waals surface area (Å²) in [6, 6.07) is 2.22. The number of nitrogens with one attached hydrogen (secondary N) is 1. The summed E-state index contributed by atoms with van der Waals surface area (Å²) in [5, 5.41) is 11.4. The van der Waals surface area contributed by atoms with Crippen LogP contribution in [0.2, 0.25) is 0 Å². The number of unbranched alkanes of at least 4 members (excludes halogenated alkanes) is 1. The fourth-order valence-corrected chi connectivity index (χ4v) is 2.08. The third kappa shape index (κ3) is 4.56. The number of anilines is 1. The molecule has 0 aliphatic carbocycles. The normalized spacial score (nSPS) is 12.1. The lowest BCUT2D eigenvalue weighted by Gasteiger charge is -2.19. The Morgan fingerprint density at radius 1 is 1.39 bits per heavy atom. The molecule has 0 amide bonds. The Morgan fingerprint density at radius 3 is 2.78 bits per heavy atom. The Bertz CT molecular complexity index is 381. The zero-order valence-electron chi connectivity index (χ0n) is 11.1. The lowest BCUT2D eigenvalue weighted by atomic mass is 10.0. The van der Waals surface area contributed by atoms with Crippen LogP contribution in [-0.2, 0) is 0 Å². The Labute approximate surface area is 114 Å². The van der Waals surface area contributed by atoms with E-state index in [1.165, 1.54) is 12.8 Å². The summed E-state index contributed by atoms with van der Waals surface area (Å²) >= 11 is 5.02. The maximum absolute atomic E-state index is 5.69. The fourth-order valence-electron chi connectivity index (χ4n) is 1.92. The van der Waals surface area contributed by atoms with Crippen molar-refractivity contribution in [2.75, 3.05) is 5.32 Å². The lowest BCUT2D eigenvalue weighted by Crippen LogP contribution is -2.23. The first-order valence-electron chi connectivity index (χ1n) is 6.57.